The van der Waals surface area contributed by atoms with Crippen molar-refractivity contribution in [2.24, 2.45) is 0 Å². The van der Waals surface area contributed by atoms with Gasteiger partial charge < -0.3 is 10.2 Å². The van der Waals surface area contributed by atoms with E-state index in [4.69, 9.17) is 23.2 Å². The fourth-order valence-electron chi connectivity index (χ4n) is 2.54. The number of carbonyl (C=O) groups excluding carboxylic acids is 2. The van der Waals surface area contributed by atoms with E-state index in [1.54, 1.807) is 11.0 Å². The second-order valence-corrected chi connectivity index (χ2v) is 8.26. The second-order valence-electron chi connectivity index (χ2n) is 5.57. The second kappa shape index (κ2) is 8.35. The van der Waals surface area contributed by atoms with Crippen LogP contribution in [0.4, 0.5) is 0 Å². The van der Waals surface area contributed by atoms with Crippen molar-refractivity contribution in [3.63, 3.8) is 0 Å². The molecule has 1 aromatic carbocycles. The van der Waals surface area contributed by atoms with Crippen molar-refractivity contribution in [1.29, 1.82) is 0 Å². The summed E-state index contributed by atoms with van der Waals surface area (Å²) in [5.41, 5.74) is 0. The van der Waals surface area contributed by atoms with Crippen molar-refractivity contribution in [3.05, 3.63) is 28.2 Å². The molecule has 0 radical (unpaired) electrons. The summed E-state index contributed by atoms with van der Waals surface area (Å²) in [6.07, 6.45) is 0.183. The lowest BCUT2D eigenvalue weighted by atomic mass is 10.3. The van der Waals surface area contributed by atoms with Crippen LogP contribution in [0.5, 0.6) is 0 Å². The molecule has 1 saturated heterocycles. The van der Waals surface area contributed by atoms with Gasteiger partial charge in [0.1, 0.15) is 4.90 Å². The molecule has 25 heavy (non-hydrogen) atoms. The number of hydrogen-bond acceptors (Lipinski definition) is 4. The van der Waals surface area contributed by atoms with E-state index >= 15 is 0 Å². The SMILES string of the molecule is CC(=O)NCCC(=O)N1CCN(S(=O)(=O)c2c(Cl)cccc2Cl)CC1. The Bertz CT molecular complexity index is 742. The number of benzene rings is 1. The predicted molar refractivity (Wildman–Crippen MR) is 95.1 cm³/mol. The van der Waals surface area contributed by atoms with Crippen LogP contribution in [0.1, 0.15) is 13.3 Å². The number of rotatable bonds is 5. The monoisotopic (exact) mass is 407 g/mol. The fourth-order valence-corrected chi connectivity index (χ4v) is 5.05. The molecule has 2 amide bonds. The molecule has 2 rings (SSSR count). The molecule has 0 spiro atoms. The van der Waals surface area contributed by atoms with Crippen LogP contribution in [0, 0.1) is 0 Å². The highest BCUT2D eigenvalue weighted by atomic mass is 35.5. The van der Waals surface area contributed by atoms with E-state index in [0.717, 1.165) is 0 Å². The molecular weight excluding hydrogens is 389 g/mol. The topological polar surface area (TPSA) is 86.8 Å². The maximum absolute atomic E-state index is 12.8. The Labute approximate surface area is 156 Å². The van der Waals surface area contributed by atoms with Crippen molar-refractivity contribution in [3.8, 4) is 0 Å². The number of sulfonamides is 1. The van der Waals surface area contributed by atoms with Gasteiger partial charge in [-0.15, -0.1) is 0 Å². The molecule has 0 aliphatic carbocycles. The molecule has 1 fully saturated rings. The molecule has 7 nitrogen and oxygen atoms in total. The quantitative estimate of drug-likeness (QED) is 0.797. The van der Waals surface area contributed by atoms with Gasteiger partial charge >= 0.3 is 0 Å². The van der Waals surface area contributed by atoms with Gasteiger partial charge in [0.25, 0.3) is 0 Å². The van der Waals surface area contributed by atoms with Crippen LogP contribution in [0.3, 0.4) is 0 Å². The molecule has 0 saturated carbocycles. The summed E-state index contributed by atoms with van der Waals surface area (Å²) >= 11 is 12.0. The molecule has 1 aromatic rings. The van der Waals surface area contributed by atoms with Crippen LogP contribution in [0.2, 0.25) is 10.0 Å². The molecule has 0 bridgehead atoms. The first kappa shape index (κ1) is 20.0. The molecule has 0 unspecified atom stereocenters. The Hall–Kier alpha value is -1.35. The van der Waals surface area contributed by atoms with Gasteiger partial charge in [-0.2, -0.15) is 4.31 Å². The van der Waals surface area contributed by atoms with Crippen LogP contribution < -0.4 is 5.32 Å². The Morgan fingerprint density at radius 1 is 1.12 bits per heavy atom. The number of nitrogens with one attached hydrogen (secondary N) is 1. The summed E-state index contributed by atoms with van der Waals surface area (Å²) in [5, 5.41) is 2.70. The maximum Gasteiger partial charge on any atom is 0.246 e. The van der Waals surface area contributed by atoms with Gasteiger partial charge in [-0.3, -0.25) is 9.59 Å². The van der Waals surface area contributed by atoms with Gasteiger partial charge in [0.05, 0.1) is 10.0 Å². The molecule has 1 N–H and O–H groups in total. The molecule has 1 aliphatic heterocycles. The van der Waals surface area contributed by atoms with Crippen LogP contribution in [0.25, 0.3) is 0 Å². The van der Waals surface area contributed by atoms with Gasteiger partial charge in [-0.1, -0.05) is 29.3 Å². The summed E-state index contributed by atoms with van der Waals surface area (Å²) in [4.78, 5) is 24.4. The Morgan fingerprint density at radius 2 is 1.68 bits per heavy atom. The van der Waals surface area contributed by atoms with Crippen molar-refractivity contribution >= 4 is 45.0 Å². The van der Waals surface area contributed by atoms with Gasteiger partial charge in [0.15, 0.2) is 0 Å². The summed E-state index contributed by atoms with van der Waals surface area (Å²) < 4.78 is 26.8. The van der Waals surface area contributed by atoms with E-state index < -0.39 is 10.0 Å². The molecule has 0 aromatic heterocycles. The molecule has 138 valence electrons. The largest absolute Gasteiger partial charge is 0.356 e. The molecule has 10 heteroatoms. The van der Waals surface area contributed by atoms with E-state index in [-0.39, 0.29) is 65.9 Å². The zero-order valence-electron chi connectivity index (χ0n) is 13.7. The lowest BCUT2D eigenvalue weighted by molar-refractivity contribution is -0.132. The standard InChI is InChI=1S/C15H19Cl2N3O4S/c1-11(21)18-6-5-14(22)19-7-9-20(10-8-19)25(23,24)15-12(16)3-2-4-13(15)17/h2-4H,5-10H2,1H3,(H,18,21). The maximum atomic E-state index is 12.8. The van der Waals surface area contributed by atoms with Gasteiger partial charge in [0, 0.05) is 46.1 Å². The fraction of sp³-hybridized carbons (Fsp3) is 0.467. The Balaban J connectivity index is 1.99. The molecule has 1 aliphatic rings. The third kappa shape index (κ3) is 4.84. The number of piperazine rings is 1. The van der Waals surface area contributed by atoms with Crippen molar-refractivity contribution in [2.45, 2.75) is 18.2 Å². The van der Waals surface area contributed by atoms with Crippen LogP contribution in [-0.4, -0.2) is 62.2 Å². The highest BCUT2D eigenvalue weighted by Gasteiger charge is 2.32. The zero-order valence-corrected chi connectivity index (χ0v) is 16.0. The van der Waals surface area contributed by atoms with Gasteiger partial charge in [-0.05, 0) is 12.1 Å². The summed E-state index contributed by atoms with van der Waals surface area (Å²) in [6.45, 7) is 2.53. The van der Waals surface area contributed by atoms with E-state index in [9.17, 15) is 18.0 Å². The first-order chi connectivity index (χ1) is 11.7. The number of amides is 2. The first-order valence-electron chi connectivity index (χ1n) is 7.70. The van der Waals surface area contributed by atoms with Gasteiger partial charge in [0.2, 0.25) is 21.8 Å². The minimum absolute atomic E-state index is 0.0707. The Kier molecular flexibility index (Phi) is 6.67. The minimum atomic E-state index is -3.83. The summed E-state index contributed by atoms with van der Waals surface area (Å²) in [5.74, 6) is -0.318. The number of hydrogen-bond donors (Lipinski definition) is 1. The molecule has 1 heterocycles. The zero-order chi connectivity index (χ0) is 18.6. The normalized spacial score (nSPS) is 15.9. The number of carbonyl (C=O) groups is 2. The van der Waals surface area contributed by atoms with E-state index in [0.29, 0.717) is 0 Å². The highest BCUT2D eigenvalue weighted by Crippen LogP contribution is 2.31. The molecule has 0 atom stereocenters. The van der Waals surface area contributed by atoms with Gasteiger partial charge in [-0.25, -0.2) is 8.42 Å². The van der Waals surface area contributed by atoms with Crippen LogP contribution >= 0.6 is 23.2 Å². The lowest BCUT2D eigenvalue weighted by Gasteiger charge is -2.34. The van der Waals surface area contributed by atoms with Crippen LogP contribution in [-0.2, 0) is 19.6 Å². The predicted octanol–water partition coefficient (Wildman–Crippen LogP) is 1.35. The third-order valence-electron chi connectivity index (χ3n) is 3.82. The van der Waals surface area contributed by atoms with E-state index in [1.165, 1.54) is 23.4 Å². The highest BCUT2D eigenvalue weighted by molar-refractivity contribution is 7.89. The van der Waals surface area contributed by atoms with E-state index in [1.807, 2.05) is 0 Å². The Morgan fingerprint density at radius 3 is 2.20 bits per heavy atom. The smallest absolute Gasteiger partial charge is 0.246 e. The van der Waals surface area contributed by atoms with Crippen LogP contribution in [0.15, 0.2) is 23.1 Å². The average Bonchev–Trinajstić information content (AvgIpc) is 2.54. The van der Waals surface area contributed by atoms with E-state index in [2.05, 4.69) is 5.32 Å². The average molecular weight is 408 g/mol. The summed E-state index contributed by atoms with van der Waals surface area (Å²) in [6, 6.07) is 4.53. The lowest BCUT2D eigenvalue weighted by Crippen LogP contribution is -2.50. The number of nitrogens with zero attached hydrogens (tertiary/aromatic N) is 2. The van der Waals surface area contributed by atoms with Crippen molar-refractivity contribution in [2.75, 3.05) is 32.7 Å². The van der Waals surface area contributed by atoms with Crippen molar-refractivity contribution < 1.29 is 18.0 Å². The minimum Gasteiger partial charge on any atom is -0.356 e. The van der Waals surface area contributed by atoms with Crippen molar-refractivity contribution in [1.82, 2.24) is 14.5 Å². The summed E-state index contributed by atoms with van der Waals surface area (Å²) in [7, 11) is -3.83. The first-order valence-corrected chi connectivity index (χ1v) is 9.89. The molecular formula is C15H19Cl2N3O4S. The third-order valence-corrected chi connectivity index (χ3v) is 6.68. The number of halogens is 2.